The molecule has 1 N–H and O–H groups in total. The highest BCUT2D eigenvalue weighted by atomic mass is 32.2. The summed E-state index contributed by atoms with van der Waals surface area (Å²) in [5.74, 6) is 2.69. The Morgan fingerprint density at radius 2 is 1.82 bits per heavy atom. The van der Waals surface area contributed by atoms with Crippen molar-refractivity contribution in [2.45, 2.75) is 76.7 Å². The van der Waals surface area contributed by atoms with Gasteiger partial charge in [0.2, 0.25) is 0 Å². The molecule has 3 heteroatoms. The molecule has 100 valence electrons. The van der Waals surface area contributed by atoms with E-state index in [0.717, 1.165) is 12.1 Å². The zero-order chi connectivity index (χ0) is 12.1. The van der Waals surface area contributed by atoms with Crippen LogP contribution in [0.4, 0.5) is 0 Å². The molecular formula is C14H27NOS. The smallest absolute Gasteiger partial charge is 0.0579 e. The fraction of sp³-hybridized carbons (Fsp3) is 1.00. The first-order chi connectivity index (χ1) is 8.24. The van der Waals surface area contributed by atoms with Crippen molar-refractivity contribution in [1.82, 2.24) is 5.32 Å². The second kappa shape index (κ2) is 7.01. The number of ether oxygens (including phenoxy) is 1. The number of hydrogen-bond donors (Lipinski definition) is 1. The Bertz CT molecular complexity index is 208. The summed E-state index contributed by atoms with van der Waals surface area (Å²) in [7, 11) is 0. The van der Waals surface area contributed by atoms with E-state index in [1.54, 1.807) is 0 Å². The molecule has 1 aliphatic carbocycles. The van der Waals surface area contributed by atoms with E-state index >= 15 is 0 Å². The molecule has 0 radical (unpaired) electrons. The second-order valence-corrected chi connectivity index (χ2v) is 6.89. The maximum Gasteiger partial charge on any atom is 0.0579 e. The summed E-state index contributed by atoms with van der Waals surface area (Å²) in [4.78, 5) is 0. The Morgan fingerprint density at radius 3 is 2.41 bits per heavy atom. The quantitative estimate of drug-likeness (QED) is 0.835. The molecule has 1 saturated heterocycles. The fourth-order valence-corrected chi connectivity index (χ4v) is 4.04. The van der Waals surface area contributed by atoms with Gasteiger partial charge in [-0.2, -0.15) is 11.8 Å². The van der Waals surface area contributed by atoms with Crippen LogP contribution in [0, 0.1) is 0 Å². The third kappa shape index (κ3) is 4.80. The van der Waals surface area contributed by atoms with Crippen LogP contribution in [0.15, 0.2) is 0 Å². The van der Waals surface area contributed by atoms with Crippen LogP contribution in [-0.2, 0) is 4.74 Å². The third-order valence-electron chi connectivity index (χ3n) is 3.77. The summed E-state index contributed by atoms with van der Waals surface area (Å²) in [6, 6.07) is 1.53. The molecule has 0 spiro atoms. The molecule has 1 saturated carbocycles. The van der Waals surface area contributed by atoms with Crippen LogP contribution in [0.3, 0.4) is 0 Å². The van der Waals surface area contributed by atoms with Gasteiger partial charge < -0.3 is 10.1 Å². The molecule has 1 aliphatic heterocycles. The molecule has 1 atom stereocenters. The van der Waals surface area contributed by atoms with Gasteiger partial charge in [0.1, 0.15) is 0 Å². The SMILES string of the molecule is CC(C)OC1CCC(N[C@H]2CCCSC2)CC1. The normalized spacial score (nSPS) is 35.1. The number of hydrogen-bond acceptors (Lipinski definition) is 3. The minimum Gasteiger partial charge on any atom is -0.376 e. The molecule has 2 aliphatic rings. The van der Waals surface area contributed by atoms with E-state index in [9.17, 15) is 0 Å². The first-order valence-corrected chi connectivity index (χ1v) is 8.38. The Labute approximate surface area is 110 Å². The maximum atomic E-state index is 5.90. The van der Waals surface area contributed by atoms with E-state index in [2.05, 4.69) is 30.9 Å². The average molecular weight is 257 g/mol. The van der Waals surface area contributed by atoms with Crippen LogP contribution >= 0.6 is 11.8 Å². The summed E-state index contributed by atoms with van der Waals surface area (Å²) >= 11 is 2.11. The van der Waals surface area contributed by atoms with Gasteiger partial charge >= 0.3 is 0 Å². The van der Waals surface area contributed by atoms with Crippen molar-refractivity contribution >= 4 is 11.8 Å². The predicted octanol–water partition coefficient (Wildman–Crippen LogP) is 3.21. The summed E-state index contributed by atoms with van der Waals surface area (Å²) in [5.41, 5.74) is 0. The molecule has 17 heavy (non-hydrogen) atoms. The lowest BCUT2D eigenvalue weighted by atomic mass is 9.92. The van der Waals surface area contributed by atoms with Gasteiger partial charge in [0, 0.05) is 17.8 Å². The van der Waals surface area contributed by atoms with E-state index in [4.69, 9.17) is 4.74 Å². The van der Waals surface area contributed by atoms with E-state index in [0.29, 0.717) is 12.2 Å². The van der Waals surface area contributed by atoms with Crippen molar-refractivity contribution in [3.63, 3.8) is 0 Å². The molecule has 1 heterocycles. The molecule has 0 aromatic carbocycles. The lowest BCUT2D eigenvalue weighted by molar-refractivity contribution is -0.0166. The second-order valence-electron chi connectivity index (χ2n) is 5.74. The van der Waals surface area contributed by atoms with Crippen LogP contribution in [-0.4, -0.2) is 35.8 Å². The lowest BCUT2D eigenvalue weighted by Crippen LogP contribution is -2.44. The van der Waals surface area contributed by atoms with E-state index < -0.39 is 0 Å². The molecule has 0 aromatic rings. The van der Waals surface area contributed by atoms with Gasteiger partial charge in [0.15, 0.2) is 0 Å². The van der Waals surface area contributed by atoms with E-state index in [-0.39, 0.29) is 0 Å². The summed E-state index contributed by atoms with van der Waals surface area (Å²) in [5, 5.41) is 3.86. The van der Waals surface area contributed by atoms with Gasteiger partial charge in [-0.15, -0.1) is 0 Å². The fourth-order valence-electron chi connectivity index (χ4n) is 2.96. The molecular weight excluding hydrogens is 230 g/mol. The van der Waals surface area contributed by atoms with Crippen molar-refractivity contribution in [3.05, 3.63) is 0 Å². The minimum absolute atomic E-state index is 0.388. The van der Waals surface area contributed by atoms with Crippen LogP contribution in [0.5, 0.6) is 0 Å². The standard InChI is InChI=1S/C14H27NOS/c1-11(2)16-14-7-5-12(6-8-14)15-13-4-3-9-17-10-13/h11-15H,3-10H2,1-2H3/t12?,13-,14?/m0/s1. The van der Waals surface area contributed by atoms with Crippen molar-refractivity contribution in [1.29, 1.82) is 0 Å². The number of thioether (sulfide) groups is 1. The molecule has 2 nitrogen and oxygen atoms in total. The zero-order valence-corrected chi connectivity index (χ0v) is 12.1. The van der Waals surface area contributed by atoms with Crippen molar-refractivity contribution in [2.24, 2.45) is 0 Å². The Kier molecular flexibility index (Phi) is 5.64. The summed E-state index contributed by atoms with van der Waals surface area (Å²) < 4.78 is 5.90. The van der Waals surface area contributed by atoms with Crippen molar-refractivity contribution in [2.75, 3.05) is 11.5 Å². The first-order valence-electron chi connectivity index (χ1n) is 7.23. The average Bonchev–Trinajstić information content (AvgIpc) is 2.32. The lowest BCUT2D eigenvalue weighted by Gasteiger charge is -2.34. The third-order valence-corrected chi connectivity index (χ3v) is 4.99. The molecule has 2 rings (SSSR count). The largest absolute Gasteiger partial charge is 0.376 e. The molecule has 0 bridgehead atoms. The predicted molar refractivity (Wildman–Crippen MR) is 75.7 cm³/mol. The van der Waals surface area contributed by atoms with Gasteiger partial charge in [-0.1, -0.05) is 0 Å². The Balaban J connectivity index is 1.64. The summed E-state index contributed by atoms with van der Waals surface area (Å²) in [6.07, 6.45) is 8.79. The van der Waals surface area contributed by atoms with Crippen molar-refractivity contribution in [3.8, 4) is 0 Å². The highest BCUT2D eigenvalue weighted by molar-refractivity contribution is 7.99. The van der Waals surface area contributed by atoms with Gasteiger partial charge in [0.05, 0.1) is 12.2 Å². The van der Waals surface area contributed by atoms with E-state index in [1.807, 2.05) is 0 Å². The number of nitrogens with one attached hydrogen (secondary N) is 1. The van der Waals surface area contributed by atoms with Crippen LogP contribution < -0.4 is 5.32 Å². The van der Waals surface area contributed by atoms with Gasteiger partial charge in [-0.25, -0.2) is 0 Å². The van der Waals surface area contributed by atoms with Gasteiger partial charge in [-0.3, -0.25) is 0 Å². The molecule has 0 amide bonds. The number of rotatable bonds is 4. The molecule has 2 fully saturated rings. The van der Waals surface area contributed by atoms with Gasteiger partial charge in [-0.05, 0) is 58.1 Å². The molecule has 0 unspecified atom stereocenters. The topological polar surface area (TPSA) is 21.3 Å². The monoisotopic (exact) mass is 257 g/mol. The minimum atomic E-state index is 0.388. The van der Waals surface area contributed by atoms with Crippen molar-refractivity contribution < 1.29 is 4.74 Å². The highest BCUT2D eigenvalue weighted by Crippen LogP contribution is 2.24. The first kappa shape index (κ1) is 13.7. The highest BCUT2D eigenvalue weighted by Gasteiger charge is 2.24. The van der Waals surface area contributed by atoms with Crippen LogP contribution in [0.25, 0.3) is 0 Å². The molecule has 0 aromatic heterocycles. The Morgan fingerprint density at radius 1 is 1.06 bits per heavy atom. The van der Waals surface area contributed by atoms with E-state index in [1.165, 1.54) is 50.0 Å². The maximum absolute atomic E-state index is 5.90. The zero-order valence-electron chi connectivity index (χ0n) is 11.3. The van der Waals surface area contributed by atoms with Gasteiger partial charge in [0.25, 0.3) is 0 Å². The van der Waals surface area contributed by atoms with Crippen LogP contribution in [0.1, 0.15) is 52.4 Å². The Hall–Kier alpha value is 0.270. The summed E-state index contributed by atoms with van der Waals surface area (Å²) in [6.45, 7) is 4.28. The van der Waals surface area contributed by atoms with Crippen LogP contribution in [0.2, 0.25) is 0 Å².